The van der Waals surface area contributed by atoms with E-state index in [1.165, 1.54) is 36.0 Å². The molecule has 132 valence electrons. The Bertz CT molecular complexity index is 858. The number of nitrogens with zero attached hydrogens (tertiary/aromatic N) is 1. The first-order valence-electron chi connectivity index (χ1n) is 7.55. The monoisotopic (exact) mass is 381 g/mol. The first-order valence-corrected chi connectivity index (χ1v) is 10.1. The average Bonchev–Trinajstić information content (AvgIpc) is 3.12. The van der Waals surface area contributed by atoms with Gasteiger partial charge in [-0.15, -0.1) is 11.8 Å². The third-order valence-electron chi connectivity index (χ3n) is 3.79. The van der Waals surface area contributed by atoms with E-state index in [4.69, 9.17) is 4.74 Å². The van der Waals surface area contributed by atoms with Gasteiger partial charge in [0.1, 0.15) is 18.5 Å². The Morgan fingerprint density at radius 1 is 1.16 bits per heavy atom. The van der Waals surface area contributed by atoms with Crippen LogP contribution in [0, 0.1) is 5.82 Å². The van der Waals surface area contributed by atoms with Crippen molar-refractivity contribution in [2.75, 3.05) is 11.6 Å². The third kappa shape index (κ3) is 3.86. The molecule has 0 bridgehead atoms. The lowest BCUT2D eigenvalue weighted by Crippen LogP contribution is -2.42. The Hall–Kier alpha value is -1.90. The second-order valence-corrected chi connectivity index (χ2v) is 8.31. The molecule has 3 rings (SSSR count). The Morgan fingerprint density at radius 3 is 2.56 bits per heavy atom. The Kier molecular flexibility index (Phi) is 5.41. The molecule has 0 aromatic heterocycles. The number of sulfonamides is 1. The number of hydrogen-bond donors (Lipinski definition) is 0. The van der Waals surface area contributed by atoms with Gasteiger partial charge in [0, 0.05) is 11.3 Å². The molecule has 5 nitrogen and oxygen atoms in total. The second-order valence-electron chi connectivity index (χ2n) is 5.42. The van der Waals surface area contributed by atoms with Crippen molar-refractivity contribution in [1.82, 2.24) is 4.31 Å². The van der Waals surface area contributed by atoms with Crippen molar-refractivity contribution in [3.05, 3.63) is 66.0 Å². The van der Waals surface area contributed by atoms with Gasteiger partial charge in [-0.05, 0) is 18.2 Å². The van der Waals surface area contributed by atoms with Crippen LogP contribution in [0.1, 0.15) is 5.56 Å². The number of carbonyl (C=O) groups is 1. The van der Waals surface area contributed by atoms with Crippen molar-refractivity contribution in [2.45, 2.75) is 17.5 Å². The molecule has 0 spiro atoms. The highest BCUT2D eigenvalue weighted by Gasteiger charge is 2.41. The van der Waals surface area contributed by atoms with Gasteiger partial charge >= 0.3 is 5.97 Å². The van der Waals surface area contributed by atoms with Crippen LogP contribution in [0.15, 0.2) is 59.5 Å². The topological polar surface area (TPSA) is 63.7 Å². The molecule has 2 aromatic carbocycles. The molecule has 0 amide bonds. The van der Waals surface area contributed by atoms with Gasteiger partial charge in [-0.1, -0.05) is 36.4 Å². The fourth-order valence-electron chi connectivity index (χ4n) is 2.44. The number of benzene rings is 2. The van der Waals surface area contributed by atoms with Crippen molar-refractivity contribution in [3.8, 4) is 0 Å². The Balaban J connectivity index is 1.73. The third-order valence-corrected chi connectivity index (χ3v) is 6.84. The van der Waals surface area contributed by atoms with Crippen LogP contribution in [-0.4, -0.2) is 36.4 Å². The van der Waals surface area contributed by atoms with Crippen LogP contribution < -0.4 is 0 Å². The van der Waals surface area contributed by atoms with Gasteiger partial charge < -0.3 is 4.74 Å². The van der Waals surface area contributed by atoms with Gasteiger partial charge in [0.15, 0.2) is 0 Å². The van der Waals surface area contributed by atoms with Crippen molar-refractivity contribution < 1.29 is 22.3 Å². The standard InChI is InChI=1S/C17H16FNO4S2/c18-15-9-5-4-6-13(15)10-23-17(20)16-11-24-12-19(16)25(21,22)14-7-2-1-3-8-14/h1-9,16H,10-12H2. The smallest absolute Gasteiger partial charge is 0.325 e. The highest BCUT2D eigenvalue weighted by molar-refractivity contribution is 8.00. The summed E-state index contributed by atoms with van der Waals surface area (Å²) >= 11 is 1.34. The molecule has 0 N–H and O–H groups in total. The van der Waals surface area contributed by atoms with Crippen LogP contribution in [-0.2, 0) is 26.2 Å². The summed E-state index contributed by atoms with van der Waals surface area (Å²) in [5.74, 6) is -0.656. The normalized spacial score (nSPS) is 18.2. The minimum absolute atomic E-state index is 0.129. The molecule has 8 heteroatoms. The first kappa shape index (κ1) is 17.9. The molecule has 25 heavy (non-hydrogen) atoms. The molecule has 1 aliphatic rings. The van der Waals surface area contributed by atoms with E-state index >= 15 is 0 Å². The van der Waals surface area contributed by atoms with E-state index in [1.807, 2.05) is 0 Å². The van der Waals surface area contributed by atoms with Crippen LogP contribution in [0.5, 0.6) is 0 Å². The van der Waals surface area contributed by atoms with E-state index in [-0.39, 0.29) is 22.9 Å². The Morgan fingerprint density at radius 2 is 1.84 bits per heavy atom. The van der Waals surface area contributed by atoms with E-state index in [0.717, 1.165) is 4.31 Å². The van der Waals surface area contributed by atoms with Gasteiger partial charge in [-0.25, -0.2) is 12.8 Å². The summed E-state index contributed by atoms with van der Waals surface area (Å²) in [5.41, 5.74) is 0.249. The summed E-state index contributed by atoms with van der Waals surface area (Å²) in [5, 5.41) is 0. The molecule has 0 aliphatic carbocycles. The van der Waals surface area contributed by atoms with Crippen molar-refractivity contribution in [3.63, 3.8) is 0 Å². The number of esters is 1. The summed E-state index contributed by atoms with van der Waals surface area (Å²) in [6.45, 7) is -0.230. The second kappa shape index (κ2) is 7.55. The summed E-state index contributed by atoms with van der Waals surface area (Å²) in [6, 6.07) is 13.0. The predicted octanol–water partition coefficient (Wildman–Crippen LogP) is 2.63. The number of halogens is 1. The summed E-state index contributed by atoms with van der Waals surface area (Å²) in [7, 11) is -3.79. The van der Waals surface area contributed by atoms with Gasteiger partial charge in [0.05, 0.1) is 10.8 Å². The van der Waals surface area contributed by atoms with Crippen LogP contribution in [0.25, 0.3) is 0 Å². The zero-order valence-corrected chi connectivity index (χ0v) is 14.8. The van der Waals surface area contributed by atoms with Crippen LogP contribution in [0.2, 0.25) is 0 Å². The van der Waals surface area contributed by atoms with Crippen molar-refractivity contribution in [1.29, 1.82) is 0 Å². The maximum atomic E-state index is 13.6. The van der Waals surface area contributed by atoms with E-state index < -0.39 is 27.9 Å². The van der Waals surface area contributed by atoms with Crippen LogP contribution in [0.3, 0.4) is 0 Å². The van der Waals surface area contributed by atoms with Gasteiger partial charge in [-0.3, -0.25) is 4.79 Å². The quantitative estimate of drug-likeness (QED) is 0.745. The van der Waals surface area contributed by atoms with Gasteiger partial charge in [-0.2, -0.15) is 4.31 Å². The zero-order chi connectivity index (χ0) is 17.9. The molecule has 1 atom stereocenters. The number of carbonyl (C=O) groups excluding carboxylic acids is 1. The maximum absolute atomic E-state index is 13.6. The van der Waals surface area contributed by atoms with E-state index in [2.05, 4.69) is 0 Å². The molecule has 1 fully saturated rings. The first-order chi connectivity index (χ1) is 12.0. The van der Waals surface area contributed by atoms with Crippen LogP contribution >= 0.6 is 11.8 Å². The predicted molar refractivity (Wildman–Crippen MR) is 92.8 cm³/mol. The Labute approximate surface area is 149 Å². The molecule has 0 radical (unpaired) electrons. The number of thioether (sulfide) groups is 1. The SMILES string of the molecule is O=C(OCc1ccccc1F)C1CSCN1S(=O)(=O)c1ccccc1. The van der Waals surface area contributed by atoms with E-state index in [0.29, 0.717) is 5.75 Å². The van der Waals surface area contributed by atoms with Crippen molar-refractivity contribution >= 4 is 27.8 Å². The largest absolute Gasteiger partial charge is 0.459 e. The molecule has 1 saturated heterocycles. The lowest BCUT2D eigenvalue weighted by Gasteiger charge is -2.22. The molecule has 1 unspecified atom stereocenters. The number of ether oxygens (including phenoxy) is 1. The maximum Gasteiger partial charge on any atom is 0.325 e. The van der Waals surface area contributed by atoms with Gasteiger partial charge in [0.2, 0.25) is 10.0 Å². The molecule has 1 aliphatic heterocycles. The molecular weight excluding hydrogens is 365 g/mol. The minimum atomic E-state index is -3.79. The average molecular weight is 381 g/mol. The molecule has 0 saturated carbocycles. The number of rotatable bonds is 5. The summed E-state index contributed by atoms with van der Waals surface area (Å²) < 4.78 is 45.3. The number of hydrogen-bond acceptors (Lipinski definition) is 5. The van der Waals surface area contributed by atoms with E-state index in [1.54, 1.807) is 30.3 Å². The molecule has 1 heterocycles. The van der Waals surface area contributed by atoms with Crippen molar-refractivity contribution in [2.24, 2.45) is 0 Å². The lowest BCUT2D eigenvalue weighted by atomic mass is 10.2. The summed E-state index contributed by atoms with van der Waals surface area (Å²) in [6.07, 6.45) is 0. The minimum Gasteiger partial charge on any atom is -0.459 e. The fraction of sp³-hybridized carbons (Fsp3) is 0.235. The zero-order valence-electron chi connectivity index (χ0n) is 13.2. The lowest BCUT2D eigenvalue weighted by molar-refractivity contribution is -0.148. The van der Waals surface area contributed by atoms with Gasteiger partial charge in [0.25, 0.3) is 0 Å². The highest BCUT2D eigenvalue weighted by Crippen LogP contribution is 2.29. The molecule has 2 aromatic rings. The molecular formula is C17H16FNO4S2. The van der Waals surface area contributed by atoms with Crippen LogP contribution in [0.4, 0.5) is 4.39 Å². The summed E-state index contributed by atoms with van der Waals surface area (Å²) in [4.78, 5) is 12.5. The fourth-order valence-corrected chi connectivity index (χ4v) is 5.58. The highest BCUT2D eigenvalue weighted by atomic mass is 32.2. The van der Waals surface area contributed by atoms with E-state index in [9.17, 15) is 17.6 Å².